The van der Waals surface area contributed by atoms with Crippen molar-refractivity contribution in [2.45, 2.75) is 0 Å². The molecule has 0 aliphatic carbocycles. The highest BCUT2D eigenvalue weighted by molar-refractivity contribution is 7.26. The fraction of sp³-hybridized carbons (Fsp3) is 0. The normalized spacial score (nSPS) is 11.7. The predicted octanol–water partition coefficient (Wildman–Crippen LogP) is 31.6. The summed E-state index contributed by atoms with van der Waals surface area (Å²) in [5.74, 6) is 0. The quantitative estimate of drug-likeness (QED) is 0.107. The molecule has 3 nitrogen and oxygen atoms in total. The van der Waals surface area contributed by atoms with Gasteiger partial charge in [-0.25, -0.2) is 0 Å². The fourth-order valence-corrected chi connectivity index (χ4v) is 20.1. The number of rotatable bonds is 14. The zero-order chi connectivity index (χ0) is 74.5. The smallest absolute Gasteiger partial charge is 0.0541 e. The van der Waals surface area contributed by atoms with Gasteiger partial charge in [0.05, 0.1) is 33.8 Å². The van der Waals surface area contributed by atoms with Crippen molar-refractivity contribution in [1.29, 1.82) is 0 Å². The SMILES string of the molecule is c1cc(-c2ccc(N(c3ccccc3-c3cccc4sc5ccccc5c34)c3cccc4ccccc34)cc2)cc(-c2cccc3ccc(-c4ccc5c(c4)sc4cccc(-c6ccccc6N(c6ccc(-c7ccccc7-n7c8ccccc8c8ccccc87)cc6)c6cccc(-c7cccc8ccccc78)c6)c45)cc23)c1. The molecule has 3 aromatic heterocycles. The topological polar surface area (TPSA) is 11.4 Å². The summed E-state index contributed by atoms with van der Waals surface area (Å²) in [6.07, 6.45) is 0. The van der Waals surface area contributed by atoms with Crippen LogP contribution in [0.15, 0.2) is 419 Å². The molecule has 113 heavy (non-hydrogen) atoms. The first kappa shape index (κ1) is 65.8. The van der Waals surface area contributed by atoms with E-state index in [-0.39, 0.29) is 0 Å². The summed E-state index contributed by atoms with van der Waals surface area (Å²) >= 11 is 3.74. The van der Waals surface area contributed by atoms with Crippen LogP contribution in [0.25, 0.3) is 178 Å². The molecule has 19 aromatic carbocycles. The van der Waals surface area contributed by atoms with Crippen molar-refractivity contribution in [3.63, 3.8) is 0 Å². The van der Waals surface area contributed by atoms with E-state index in [0.717, 1.165) is 73.2 Å². The van der Waals surface area contributed by atoms with Crippen LogP contribution < -0.4 is 9.80 Å². The van der Waals surface area contributed by atoms with Crippen molar-refractivity contribution in [2.24, 2.45) is 0 Å². The molecule has 0 saturated carbocycles. The van der Waals surface area contributed by atoms with Crippen molar-refractivity contribution >= 4 is 151 Å². The molecule has 0 radical (unpaired) electrons. The molecular weight excluding hydrogens is 1400 g/mol. The van der Waals surface area contributed by atoms with Crippen LogP contribution in [0.3, 0.4) is 0 Å². The van der Waals surface area contributed by atoms with Crippen molar-refractivity contribution in [2.75, 3.05) is 9.80 Å². The number of thiophene rings is 2. The summed E-state index contributed by atoms with van der Waals surface area (Å²) in [7, 11) is 0. The molecule has 0 bridgehead atoms. The minimum absolute atomic E-state index is 1.06. The largest absolute Gasteiger partial charge is 0.310 e. The summed E-state index contributed by atoms with van der Waals surface area (Å²) in [5, 5.41) is 14.8. The summed E-state index contributed by atoms with van der Waals surface area (Å²) in [6, 6.07) is 155. The van der Waals surface area contributed by atoms with Crippen LogP contribution in [0.5, 0.6) is 0 Å². The molecule has 0 unspecified atom stereocenters. The molecule has 0 saturated heterocycles. The van der Waals surface area contributed by atoms with Gasteiger partial charge in [0.25, 0.3) is 0 Å². The molecule has 22 rings (SSSR count). The Morgan fingerprint density at radius 2 is 0.602 bits per heavy atom. The van der Waals surface area contributed by atoms with Crippen molar-refractivity contribution in [3.8, 4) is 83.6 Å². The third-order valence-electron chi connectivity index (χ3n) is 23.0. The maximum atomic E-state index is 2.47. The first-order valence-electron chi connectivity index (χ1n) is 38.7. The van der Waals surface area contributed by atoms with Crippen LogP contribution in [0, 0.1) is 0 Å². The number of hydrogen-bond donors (Lipinski definition) is 0. The lowest BCUT2D eigenvalue weighted by Gasteiger charge is -2.29. The minimum Gasteiger partial charge on any atom is -0.310 e. The monoisotopic (exact) mass is 1470 g/mol. The zero-order valence-corrected chi connectivity index (χ0v) is 63.1. The van der Waals surface area contributed by atoms with Gasteiger partial charge in [0.2, 0.25) is 0 Å². The molecule has 0 amide bonds. The number of anilines is 6. The Kier molecular flexibility index (Phi) is 16.0. The molecule has 22 aromatic rings. The Hall–Kier alpha value is -14.2. The van der Waals surface area contributed by atoms with Crippen LogP contribution in [0.4, 0.5) is 34.1 Å². The van der Waals surface area contributed by atoms with E-state index in [0.29, 0.717) is 0 Å². The van der Waals surface area contributed by atoms with Gasteiger partial charge in [-0.1, -0.05) is 309 Å². The second-order valence-corrected chi connectivity index (χ2v) is 31.5. The molecule has 0 aliphatic rings. The first-order valence-corrected chi connectivity index (χ1v) is 40.3. The van der Waals surface area contributed by atoms with E-state index < -0.39 is 0 Å². The molecule has 5 heteroatoms. The van der Waals surface area contributed by atoms with Gasteiger partial charge in [-0.3, -0.25) is 0 Å². The highest BCUT2D eigenvalue weighted by Gasteiger charge is 2.25. The summed E-state index contributed by atoms with van der Waals surface area (Å²) < 4.78 is 7.52. The fourth-order valence-electron chi connectivity index (χ4n) is 17.8. The van der Waals surface area contributed by atoms with Crippen LogP contribution in [-0.2, 0) is 0 Å². The van der Waals surface area contributed by atoms with Crippen molar-refractivity contribution in [3.05, 3.63) is 419 Å². The Labute approximate surface area is 662 Å². The molecule has 0 spiro atoms. The number of benzene rings is 19. The lowest BCUT2D eigenvalue weighted by Crippen LogP contribution is -2.11. The van der Waals surface area contributed by atoms with Crippen LogP contribution in [-0.4, -0.2) is 4.57 Å². The number of fused-ring (bicyclic) bond motifs is 12. The van der Waals surface area contributed by atoms with E-state index in [9.17, 15) is 0 Å². The number of para-hydroxylation sites is 5. The van der Waals surface area contributed by atoms with Gasteiger partial charge < -0.3 is 14.4 Å². The van der Waals surface area contributed by atoms with E-state index in [1.54, 1.807) is 0 Å². The molecular formula is C108H69N3S2. The van der Waals surface area contributed by atoms with Gasteiger partial charge in [-0.2, -0.15) is 0 Å². The molecule has 528 valence electrons. The molecule has 3 heterocycles. The maximum absolute atomic E-state index is 2.47. The predicted molar refractivity (Wildman–Crippen MR) is 486 cm³/mol. The number of nitrogens with zero attached hydrogens (tertiary/aromatic N) is 3. The third-order valence-corrected chi connectivity index (χ3v) is 25.2. The zero-order valence-electron chi connectivity index (χ0n) is 61.5. The van der Waals surface area contributed by atoms with E-state index in [2.05, 4.69) is 433 Å². The van der Waals surface area contributed by atoms with Gasteiger partial charge in [-0.05, 0) is 197 Å². The van der Waals surface area contributed by atoms with Gasteiger partial charge in [0, 0.05) is 90.3 Å². The number of aromatic nitrogens is 1. The van der Waals surface area contributed by atoms with E-state index in [1.165, 1.54) is 139 Å². The van der Waals surface area contributed by atoms with Crippen molar-refractivity contribution < 1.29 is 0 Å². The standard InChI is InChI=1S/C108H69N3S2/c1-3-33-83-71(24-1)26-19-41-84(83)79-31-18-32-82(67-79)109(80-63-58-74(59-64-80)87-35-5-11-45-98(87)111-101-48-14-6-36-88(101)89-37-7-15-49-102(89)111)99-46-12-8-38-90(99)92-43-23-53-105-108(92)95-65-60-77(69-106(95)113-105)76-55-54-73-27-20-42-85(96(73)68-76)78-30-17-29-75(66-78)70-56-61-81(62-57-70)110(97-50-21-28-72-25-2-4-34-86(72)97)100-47-13-9-39-91(100)93-44-22-52-104-107(93)94-40-10-16-51-103(94)112-104/h1-69H. The van der Waals surface area contributed by atoms with Crippen LogP contribution >= 0.6 is 22.7 Å². The van der Waals surface area contributed by atoms with Gasteiger partial charge >= 0.3 is 0 Å². The Bertz CT molecular complexity index is 7460. The van der Waals surface area contributed by atoms with Gasteiger partial charge in [-0.15, -0.1) is 22.7 Å². The van der Waals surface area contributed by atoms with Crippen LogP contribution in [0.2, 0.25) is 0 Å². The van der Waals surface area contributed by atoms with E-state index in [1.807, 2.05) is 22.7 Å². The molecule has 0 N–H and O–H groups in total. The lowest BCUT2D eigenvalue weighted by atomic mass is 9.92. The maximum Gasteiger partial charge on any atom is 0.0541 e. The summed E-state index contributed by atoms with van der Waals surface area (Å²) in [5.41, 5.74) is 26.6. The molecule has 0 aliphatic heterocycles. The van der Waals surface area contributed by atoms with E-state index in [4.69, 9.17) is 0 Å². The average molecular weight is 1470 g/mol. The summed E-state index contributed by atoms with van der Waals surface area (Å²) in [4.78, 5) is 4.93. The Morgan fingerprint density at radius 3 is 1.31 bits per heavy atom. The Morgan fingerprint density at radius 1 is 0.186 bits per heavy atom. The first-order chi connectivity index (χ1) is 56.0. The average Bonchev–Trinajstić information content (AvgIpc) is 1.60. The van der Waals surface area contributed by atoms with Crippen LogP contribution in [0.1, 0.15) is 0 Å². The highest BCUT2D eigenvalue weighted by Crippen LogP contribution is 2.51. The number of hydrogen-bond acceptors (Lipinski definition) is 4. The second-order valence-electron chi connectivity index (χ2n) is 29.4. The van der Waals surface area contributed by atoms with E-state index >= 15 is 0 Å². The highest BCUT2D eigenvalue weighted by atomic mass is 32.1. The Balaban J connectivity index is 0.609. The molecule has 0 atom stereocenters. The third kappa shape index (κ3) is 11.3. The summed E-state index contributed by atoms with van der Waals surface area (Å²) in [6.45, 7) is 0. The van der Waals surface area contributed by atoms with Gasteiger partial charge in [0.1, 0.15) is 0 Å². The van der Waals surface area contributed by atoms with Gasteiger partial charge in [0.15, 0.2) is 0 Å². The second kappa shape index (κ2) is 27.4. The minimum atomic E-state index is 1.06. The van der Waals surface area contributed by atoms with Crippen molar-refractivity contribution in [1.82, 2.24) is 4.57 Å². The lowest BCUT2D eigenvalue weighted by molar-refractivity contribution is 1.18. The molecule has 0 fully saturated rings.